The van der Waals surface area contributed by atoms with Crippen molar-refractivity contribution in [3.05, 3.63) is 17.0 Å². The van der Waals surface area contributed by atoms with Gasteiger partial charge >= 0.3 is 0 Å². The fourth-order valence-electron chi connectivity index (χ4n) is 2.55. The van der Waals surface area contributed by atoms with Crippen LogP contribution in [0.2, 0.25) is 0 Å². The first kappa shape index (κ1) is 28.6. The Balaban J connectivity index is 0.00000784. The Morgan fingerprint density at radius 3 is 2.45 bits per heavy atom. The van der Waals surface area contributed by atoms with Crippen LogP contribution < -0.4 is 10.6 Å². The summed E-state index contributed by atoms with van der Waals surface area (Å²) in [4.78, 5) is 5.25. The van der Waals surface area contributed by atoms with Gasteiger partial charge in [0.05, 0.1) is 0 Å². The average molecular weight is 561 g/mol. The van der Waals surface area contributed by atoms with Crippen molar-refractivity contribution in [3.63, 3.8) is 0 Å². The minimum absolute atomic E-state index is 0. The van der Waals surface area contributed by atoms with E-state index in [9.17, 15) is 8.42 Å². The molecule has 0 spiro atoms. The number of nitrogens with zero attached hydrogens (tertiary/aromatic N) is 2. The molecule has 0 atom stereocenters. The number of aliphatic imine (C=N–C) groups is 1. The molecular formula is C19H37IN4O3S2. The van der Waals surface area contributed by atoms with Gasteiger partial charge < -0.3 is 15.4 Å². The van der Waals surface area contributed by atoms with Gasteiger partial charge in [-0.3, -0.25) is 4.99 Å². The summed E-state index contributed by atoms with van der Waals surface area (Å²) in [6.07, 6.45) is 1.67. The number of ether oxygens (including phenoxy) is 1. The summed E-state index contributed by atoms with van der Waals surface area (Å²) in [5, 5.41) is 6.53. The van der Waals surface area contributed by atoms with Gasteiger partial charge in [0.15, 0.2) is 5.96 Å². The van der Waals surface area contributed by atoms with Crippen molar-refractivity contribution in [2.24, 2.45) is 10.9 Å². The Hall–Kier alpha value is -0.430. The number of hydrogen-bond donors (Lipinski definition) is 2. The summed E-state index contributed by atoms with van der Waals surface area (Å²) in [6.45, 7) is 12.0. The molecule has 0 aliphatic rings. The molecule has 1 heterocycles. The molecule has 0 radical (unpaired) electrons. The molecule has 0 aliphatic carbocycles. The molecule has 29 heavy (non-hydrogen) atoms. The number of hydrogen-bond acceptors (Lipinski definition) is 5. The van der Waals surface area contributed by atoms with E-state index >= 15 is 0 Å². The molecule has 0 fully saturated rings. The zero-order valence-corrected chi connectivity index (χ0v) is 22.2. The van der Waals surface area contributed by atoms with Crippen LogP contribution in [0.5, 0.6) is 0 Å². The molecule has 0 amide bonds. The van der Waals surface area contributed by atoms with E-state index in [0.717, 1.165) is 43.4 Å². The van der Waals surface area contributed by atoms with Gasteiger partial charge in [-0.05, 0) is 30.9 Å². The molecule has 0 saturated heterocycles. The minimum Gasteiger partial charge on any atom is -0.381 e. The number of thiophene rings is 1. The number of guanidine groups is 1. The Morgan fingerprint density at radius 1 is 1.21 bits per heavy atom. The molecule has 2 N–H and O–H groups in total. The number of halogens is 1. The van der Waals surface area contributed by atoms with E-state index in [0.29, 0.717) is 29.8 Å². The highest BCUT2D eigenvalue weighted by Crippen LogP contribution is 2.25. The lowest BCUT2D eigenvalue weighted by Gasteiger charge is -2.16. The van der Waals surface area contributed by atoms with E-state index < -0.39 is 10.0 Å². The first-order chi connectivity index (χ1) is 13.3. The lowest BCUT2D eigenvalue weighted by atomic mass is 10.2. The fourth-order valence-corrected chi connectivity index (χ4v) is 5.51. The largest absolute Gasteiger partial charge is 0.381 e. The maximum atomic E-state index is 12.5. The Labute approximate surface area is 197 Å². The van der Waals surface area contributed by atoms with Crippen molar-refractivity contribution < 1.29 is 13.2 Å². The SMILES string of the molecule is CCN(CC)S(=O)(=O)c1ccc(CCNC(=NC)NCCCOCC(C)C)s1.I. The normalized spacial score (nSPS) is 12.3. The standard InChI is InChI=1S/C19H36N4O3S2.HI/c1-6-23(7-2)28(24,25)18-10-9-17(27-18)11-13-22-19(20-5)21-12-8-14-26-15-16(3)4;/h9-10,16H,6-8,11-15H2,1-5H3,(H2,20,21,22);1H. The van der Waals surface area contributed by atoms with Crippen LogP contribution in [0.3, 0.4) is 0 Å². The average Bonchev–Trinajstić information content (AvgIpc) is 3.13. The van der Waals surface area contributed by atoms with Crippen LogP contribution >= 0.6 is 35.3 Å². The molecular weight excluding hydrogens is 523 g/mol. The first-order valence-electron chi connectivity index (χ1n) is 9.96. The predicted octanol–water partition coefficient (Wildman–Crippen LogP) is 3.17. The highest BCUT2D eigenvalue weighted by atomic mass is 127. The summed E-state index contributed by atoms with van der Waals surface area (Å²) >= 11 is 1.34. The topological polar surface area (TPSA) is 83.0 Å². The predicted molar refractivity (Wildman–Crippen MR) is 133 cm³/mol. The molecule has 7 nitrogen and oxygen atoms in total. The van der Waals surface area contributed by atoms with Crippen molar-refractivity contribution in [2.75, 3.05) is 46.4 Å². The first-order valence-corrected chi connectivity index (χ1v) is 12.2. The smallest absolute Gasteiger partial charge is 0.252 e. The summed E-state index contributed by atoms with van der Waals surface area (Å²) in [5.41, 5.74) is 0. The van der Waals surface area contributed by atoms with Gasteiger partial charge in [-0.15, -0.1) is 35.3 Å². The molecule has 0 aromatic carbocycles. The molecule has 0 unspecified atom stereocenters. The van der Waals surface area contributed by atoms with Gasteiger partial charge in [0.2, 0.25) is 0 Å². The Kier molecular flexibility index (Phi) is 15.2. The highest BCUT2D eigenvalue weighted by molar-refractivity contribution is 14.0. The van der Waals surface area contributed by atoms with Gasteiger partial charge in [-0.2, -0.15) is 4.31 Å². The second-order valence-corrected chi connectivity index (χ2v) is 10.1. The van der Waals surface area contributed by atoms with Gasteiger partial charge in [0, 0.05) is 51.3 Å². The summed E-state index contributed by atoms with van der Waals surface area (Å²) in [6, 6.07) is 3.60. The third kappa shape index (κ3) is 10.4. The summed E-state index contributed by atoms with van der Waals surface area (Å²) in [7, 11) is -1.63. The third-order valence-electron chi connectivity index (χ3n) is 4.03. The molecule has 1 rings (SSSR count). The van der Waals surface area contributed by atoms with E-state index in [1.807, 2.05) is 19.9 Å². The van der Waals surface area contributed by atoms with Gasteiger partial charge in [0.1, 0.15) is 4.21 Å². The van der Waals surface area contributed by atoms with Crippen molar-refractivity contribution in [1.82, 2.24) is 14.9 Å². The lowest BCUT2D eigenvalue weighted by molar-refractivity contribution is 0.108. The molecule has 0 bridgehead atoms. The van der Waals surface area contributed by atoms with E-state index in [1.165, 1.54) is 15.6 Å². The molecule has 1 aromatic rings. The monoisotopic (exact) mass is 560 g/mol. The molecule has 0 saturated carbocycles. The van der Waals surface area contributed by atoms with Crippen LogP contribution in [0, 0.1) is 5.92 Å². The summed E-state index contributed by atoms with van der Waals surface area (Å²) < 4.78 is 32.6. The van der Waals surface area contributed by atoms with Crippen LogP contribution in [0.25, 0.3) is 0 Å². The molecule has 10 heteroatoms. The van der Waals surface area contributed by atoms with Crippen LogP contribution in [-0.2, 0) is 21.2 Å². The van der Waals surface area contributed by atoms with E-state index in [-0.39, 0.29) is 24.0 Å². The lowest BCUT2D eigenvalue weighted by Crippen LogP contribution is -2.38. The quantitative estimate of drug-likeness (QED) is 0.168. The maximum Gasteiger partial charge on any atom is 0.252 e. The maximum absolute atomic E-state index is 12.5. The highest BCUT2D eigenvalue weighted by Gasteiger charge is 2.23. The Bertz CT molecular complexity index is 689. The van der Waals surface area contributed by atoms with Crippen molar-refractivity contribution >= 4 is 51.3 Å². The number of rotatable bonds is 13. The van der Waals surface area contributed by atoms with Gasteiger partial charge in [-0.1, -0.05) is 27.7 Å². The second kappa shape index (κ2) is 15.4. The van der Waals surface area contributed by atoms with Crippen molar-refractivity contribution in [3.8, 4) is 0 Å². The fraction of sp³-hybridized carbons (Fsp3) is 0.737. The zero-order chi connectivity index (χ0) is 21.0. The van der Waals surface area contributed by atoms with Crippen molar-refractivity contribution in [1.29, 1.82) is 0 Å². The van der Waals surface area contributed by atoms with Crippen molar-refractivity contribution in [2.45, 2.75) is 44.7 Å². The molecule has 0 aliphatic heterocycles. The van der Waals surface area contributed by atoms with Gasteiger partial charge in [-0.25, -0.2) is 8.42 Å². The van der Waals surface area contributed by atoms with Crippen LogP contribution in [0.4, 0.5) is 0 Å². The van der Waals surface area contributed by atoms with E-state index in [4.69, 9.17) is 4.74 Å². The minimum atomic E-state index is -3.37. The van der Waals surface area contributed by atoms with E-state index in [1.54, 1.807) is 13.1 Å². The van der Waals surface area contributed by atoms with Crippen LogP contribution in [0.1, 0.15) is 39.0 Å². The number of sulfonamides is 1. The van der Waals surface area contributed by atoms with Crippen LogP contribution in [-0.4, -0.2) is 65.1 Å². The van der Waals surface area contributed by atoms with Crippen LogP contribution in [0.15, 0.2) is 21.3 Å². The molecule has 170 valence electrons. The molecule has 1 aromatic heterocycles. The van der Waals surface area contributed by atoms with Gasteiger partial charge in [0.25, 0.3) is 10.0 Å². The third-order valence-corrected chi connectivity index (χ3v) is 7.70. The van der Waals surface area contributed by atoms with E-state index in [2.05, 4.69) is 29.5 Å². The summed E-state index contributed by atoms with van der Waals surface area (Å²) in [5.74, 6) is 1.30. The second-order valence-electron chi connectivity index (χ2n) is 6.81. The zero-order valence-electron chi connectivity index (χ0n) is 18.2. The Morgan fingerprint density at radius 2 is 1.86 bits per heavy atom. The number of nitrogens with one attached hydrogen (secondary N) is 2.